The number of phenols is 1. The number of carbonyl (C=O) groups is 1. The summed E-state index contributed by atoms with van der Waals surface area (Å²) in [5.74, 6) is 0.507. The van der Waals surface area contributed by atoms with Crippen LogP contribution in [-0.4, -0.2) is 35.4 Å². The number of benzene rings is 1. The van der Waals surface area contributed by atoms with Crippen LogP contribution in [0.3, 0.4) is 0 Å². The van der Waals surface area contributed by atoms with Gasteiger partial charge < -0.3 is 10.4 Å². The largest absolute Gasteiger partial charge is 0.506 e. The molecule has 1 spiro atoms. The fourth-order valence-corrected chi connectivity index (χ4v) is 5.50. The third-order valence-corrected chi connectivity index (χ3v) is 6.48. The molecule has 5 heteroatoms. The fourth-order valence-electron chi connectivity index (χ4n) is 5.50. The van der Waals surface area contributed by atoms with Crippen LogP contribution in [0.15, 0.2) is 41.1 Å². The third kappa shape index (κ3) is 1.60. The van der Waals surface area contributed by atoms with E-state index in [0.717, 1.165) is 49.2 Å². The number of allylic oxidation sites excluding steroid dienone is 2. The highest BCUT2D eigenvalue weighted by Gasteiger charge is 2.61. The number of piperidine rings is 1. The fraction of sp³-hybridized carbons (Fsp3) is 0.421. The van der Waals surface area contributed by atoms with Crippen LogP contribution in [0.5, 0.6) is 5.75 Å². The summed E-state index contributed by atoms with van der Waals surface area (Å²) in [6, 6.07) is 6.18. The molecule has 3 atom stereocenters. The van der Waals surface area contributed by atoms with Gasteiger partial charge in [0.1, 0.15) is 12.0 Å². The number of fused-ring (bicyclic) bond motifs is 2. The maximum absolute atomic E-state index is 12.0. The van der Waals surface area contributed by atoms with Crippen molar-refractivity contribution in [1.29, 1.82) is 0 Å². The highest BCUT2D eigenvalue weighted by molar-refractivity contribution is 5.86. The molecule has 2 bridgehead atoms. The number of nitrogens with zero attached hydrogens (tertiary/aromatic N) is 1. The molecule has 2 saturated heterocycles. The topological polar surface area (TPSA) is 52.6 Å². The molecule has 3 heterocycles. The van der Waals surface area contributed by atoms with Crippen LogP contribution in [0.4, 0.5) is 5.69 Å². The van der Waals surface area contributed by atoms with E-state index in [-0.39, 0.29) is 29.5 Å². The molecular formula is C19H21ClN2O2. The summed E-state index contributed by atoms with van der Waals surface area (Å²) in [6.07, 6.45) is 5.24. The van der Waals surface area contributed by atoms with Gasteiger partial charge in [-0.25, -0.2) is 0 Å². The molecule has 126 valence electrons. The third-order valence-electron chi connectivity index (χ3n) is 6.48. The first kappa shape index (κ1) is 15.7. The summed E-state index contributed by atoms with van der Waals surface area (Å²) in [7, 11) is 0. The summed E-state index contributed by atoms with van der Waals surface area (Å²) in [6.45, 7) is 4.08. The van der Waals surface area contributed by atoms with Crippen LogP contribution in [0, 0.1) is 5.92 Å². The first-order chi connectivity index (χ1) is 11.2. The molecule has 3 aliphatic heterocycles. The molecule has 2 fully saturated rings. The predicted molar refractivity (Wildman–Crippen MR) is 95.6 cm³/mol. The Balaban J connectivity index is 0.00000146. The maximum atomic E-state index is 12.0. The number of para-hydroxylation sites is 1. The average molecular weight is 345 g/mol. The molecule has 0 radical (unpaired) electrons. The average Bonchev–Trinajstić information content (AvgIpc) is 3.12. The van der Waals surface area contributed by atoms with Crippen molar-refractivity contribution in [2.45, 2.75) is 31.2 Å². The zero-order chi connectivity index (χ0) is 15.8. The monoisotopic (exact) mass is 344 g/mol. The Kier molecular flexibility index (Phi) is 3.35. The van der Waals surface area contributed by atoms with Gasteiger partial charge in [-0.1, -0.05) is 23.8 Å². The van der Waals surface area contributed by atoms with Crippen LogP contribution in [-0.2, 0) is 10.2 Å². The quantitative estimate of drug-likeness (QED) is 0.467. The van der Waals surface area contributed by atoms with Gasteiger partial charge in [-0.3, -0.25) is 9.69 Å². The molecule has 2 N–H and O–H groups in total. The lowest BCUT2D eigenvalue weighted by atomic mass is 9.62. The molecule has 1 aromatic carbocycles. The predicted octanol–water partition coefficient (Wildman–Crippen LogP) is 2.98. The normalized spacial score (nSPS) is 34.5. The molecule has 5 rings (SSSR count). The standard InChI is InChI=1S/C19H20N2O2.ClH/c1-2-11-9-21-7-6-19-14-4-3-5-15(23)17(14)20-18(19)13(10-22)12(11)8-16(19)21;/h2-5,10,12,16,20,23H,6-9H2,1H3;1H/t12-,16?,19+;/m0./s1. The Bertz CT molecular complexity index is 801. The highest BCUT2D eigenvalue weighted by atomic mass is 35.5. The van der Waals surface area contributed by atoms with Crippen molar-refractivity contribution in [2.24, 2.45) is 5.92 Å². The zero-order valence-electron chi connectivity index (χ0n) is 13.6. The molecule has 4 aliphatic rings. The van der Waals surface area contributed by atoms with Gasteiger partial charge in [-0.05, 0) is 31.4 Å². The number of hydrogen-bond acceptors (Lipinski definition) is 4. The van der Waals surface area contributed by atoms with E-state index in [4.69, 9.17) is 0 Å². The summed E-state index contributed by atoms with van der Waals surface area (Å²) in [5, 5.41) is 13.7. The van der Waals surface area contributed by atoms with Crippen molar-refractivity contribution in [3.05, 3.63) is 46.7 Å². The van der Waals surface area contributed by atoms with E-state index in [1.165, 1.54) is 11.1 Å². The Morgan fingerprint density at radius 1 is 1.42 bits per heavy atom. The molecule has 4 nitrogen and oxygen atoms in total. The lowest BCUT2D eigenvalue weighted by Crippen LogP contribution is -2.52. The van der Waals surface area contributed by atoms with E-state index < -0.39 is 0 Å². The lowest BCUT2D eigenvalue weighted by Gasteiger charge is -2.48. The van der Waals surface area contributed by atoms with Crippen molar-refractivity contribution >= 4 is 24.4 Å². The minimum Gasteiger partial charge on any atom is -0.506 e. The minimum absolute atomic E-state index is 0. The highest BCUT2D eigenvalue weighted by Crippen LogP contribution is 2.61. The first-order valence-electron chi connectivity index (χ1n) is 8.39. The summed E-state index contributed by atoms with van der Waals surface area (Å²) < 4.78 is 0. The number of aromatic hydroxyl groups is 1. The molecule has 0 aromatic heterocycles. The van der Waals surface area contributed by atoms with Gasteiger partial charge in [0.25, 0.3) is 0 Å². The number of hydrogen-bond donors (Lipinski definition) is 2. The smallest absolute Gasteiger partial charge is 0.148 e. The van der Waals surface area contributed by atoms with Gasteiger partial charge in [0, 0.05) is 36.3 Å². The number of anilines is 1. The van der Waals surface area contributed by atoms with E-state index in [9.17, 15) is 9.90 Å². The van der Waals surface area contributed by atoms with E-state index in [1.807, 2.05) is 6.07 Å². The Morgan fingerprint density at radius 3 is 3.00 bits per heavy atom. The SMILES string of the molecule is CC=C1CN2CC[C@]34C(=C(C=O)[C@H]1CC23)Nc1c(O)cccc14.Cl. The number of phenolic OH excluding ortho intramolecular Hbond substituents is 1. The number of aldehydes is 1. The van der Waals surface area contributed by atoms with Gasteiger partial charge in [0.15, 0.2) is 0 Å². The summed E-state index contributed by atoms with van der Waals surface area (Å²) in [4.78, 5) is 14.5. The first-order valence-corrected chi connectivity index (χ1v) is 8.39. The van der Waals surface area contributed by atoms with Crippen molar-refractivity contribution in [1.82, 2.24) is 4.90 Å². The van der Waals surface area contributed by atoms with Crippen LogP contribution >= 0.6 is 12.4 Å². The minimum atomic E-state index is -0.139. The van der Waals surface area contributed by atoms with Crippen molar-refractivity contribution in [3.8, 4) is 5.75 Å². The van der Waals surface area contributed by atoms with Gasteiger partial charge in [0.05, 0.1) is 11.1 Å². The second-order valence-corrected chi connectivity index (χ2v) is 7.13. The van der Waals surface area contributed by atoms with Gasteiger partial charge in [0.2, 0.25) is 0 Å². The van der Waals surface area contributed by atoms with E-state index in [0.29, 0.717) is 6.04 Å². The van der Waals surface area contributed by atoms with Crippen molar-refractivity contribution in [2.75, 3.05) is 18.4 Å². The molecule has 1 aromatic rings. The van der Waals surface area contributed by atoms with E-state index in [1.54, 1.807) is 6.07 Å². The molecule has 24 heavy (non-hydrogen) atoms. The van der Waals surface area contributed by atoms with Crippen LogP contribution in [0.2, 0.25) is 0 Å². The van der Waals surface area contributed by atoms with Gasteiger partial charge in [-0.15, -0.1) is 12.4 Å². The molecule has 0 amide bonds. The van der Waals surface area contributed by atoms with Gasteiger partial charge in [-0.2, -0.15) is 0 Å². The van der Waals surface area contributed by atoms with Crippen LogP contribution < -0.4 is 5.32 Å². The van der Waals surface area contributed by atoms with E-state index in [2.05, 4.69) is 29.3 Å². The van der Waals surface area contributed by atoms with Crippen LogP contribution in [0.25, 0.3) is 0 Å². The second kappa shape index (κ2) is 5.11. The molecule has 1 aliphatic carbocycles. The van der Waals surface area contributed by atoms with Crippen molar-refractivity contribution < 1.29 is 9.90 Å². The Hall–Kier alpha value is -1.78. The number of rotatable bonds is 1. The molecule has 1 unspecified atom stereocenters. The number of carbonyl (C=O) groups excluding carboxylic acids is 1. The van der Waals surface area contributed by atoms with Crippen LogP contribution in [0.1, 0.15) is 25.3 Å². The molecule has 0 saturated carbocycles. The van der Waals surface area contributed by atoms with E-state index >= 15 is 0 Å². The zero-order valence-corrected chi connectivity index (χ0v) is 14.4. The summed E-state index contributed by atoms with van der Waals surface area (Å²) >= 11 is 0. The Morgan fingerprint density at radius 2 is 2.25 bits per heavy atom. The number of nitrogens with one attached hydrogen (secondary N) is 1. The number of halogens is 1. The molecular weight excluding hydrogens is 324 g/mol. The maximum Gasteiger partial charge on any atom is 0.148 e. The second-order valence-electron chi connectivity index (χ2n) is 7.13. The summed E-state index contributed by atoms with van der Waals surface area (Å²) in [5.41, 5.74) is 5.13. The van der Waals surface area contributed by atoms with Gasteiger partial charge >= 0.3 is 0 Å². The van der Waals surface area contributed by atoms with Crippen molar-refractivity contribution in [3.63, 3.8) is 0 Å². The lowest BCUT2D eigenvalue weighted by molar-refractivity contribution is -0.105. The Labute approximate surface area is 147 Å².